The number of likely N-dealkylation sites (N-methyl/N-ethyl adjacent to an activating group) is 1. The Morgan fingerprint density at radius 3 is 2.66 bits per heavy atom. The molecule has 0 unspecified atom stereocenters. The summed E-state index contributed by atoms with van der Waals surface area (Å²) in [5.41, 5.74) is 2.08. The number of nitrogens with zero attached hydrogens (tertiary/aromatic N) is 3. The van der Waals surface area contributed by atoms with E-state index in [2.05, 4.69) is 23.2 Å². The molecule has 2 fully saturated rings. The fourth-order valence-electron chi connectivity index (χ4n) is 4.11. The van der Waals surface area contributed by atoms with E-state index in [-0.39, 0.29) is 17.4 Å². The fourth-order valence-corrected chi connectivity index (χ4v) is 4.11. The molecule has 1 aromatic carbocycles. The van der Waals surface area contributed by atoms with E-state index >= 15 is 0 Å². The smallest absolute Gasteiger partial charge is 0.321 e. The highest BCUT2D eigenvalue weighted by Crippen LogP contribution is 2.34. The Morgan fingerprint density at radius 1 is 1.21 bits per heavy atom. The number of ether oxygens (including phenoxy) is 1. The lowest BCUT2D eigenvalue weighted by Crippen LogP contribution is -2.50. The van der Waals surface area contributed by atoms with Crippen LogP contribution >= 0.6 is 0 Å². The van der Waals surface area contributed by atoms with Crippen LogP contribution in [0, 0.1) is 5.41 Å². The van der Waals surface area contributed by atoms with Gasteiger partial charge < -0.3 is 19.9 Å². The predicted octanol–water partition coefficient (Wildman–Crippen LogP) is 2.28. The van der Waals surface area contributed by atoms with Gasteiger partial charge in [0.05, 0.1) is 19.8 Å². The van der Waals surface area contributed by atoms with Crippen molar-refractivity contribution in [2.75, 3.05) is 65.3 Å². The van der Waals surface area contributed by atoms with Crippen molar-refractivity contribution >= 4 is 17.6 Å². The normalized spacial score (nSPS) is 19.6. The molecule has 7 nitrogen and oxygen atoms in total. The molecule has 0 atom stereocenters. The van der Waals surface area contributed by atoms with Gasteiger partial charge in [0, 0.05) is 51.4 Å². The molecule has 0 aliphatic carbocycles. The van der Waals surface area contributed by atoms with Gasteiger partial charge in [0.1, 0.15) is 0 Å². The fraction of sp³-hybridized carbons (Fsp3) is 0.636. The summed E-state index contributed by atoms with van der Waals surface area (Å²) >= 11 is 0. The summed E-state index contributed by atoms with van der Waals surface area (Å²) in [7, 11) is 3.58. The second-order valence-electron chi connectivity index (χ2n) is 8.52. The van der Waals surface area contributed by atoms with Crippen molar-refractivity contribution in [3.05, 3.63) is 29.8 Å². The third-order valence-electron chi connectivity index (χ3n) is 6.07. The lowest BCUT2D eigenvalue weighted by Gasteiger charge is -2.42. The van der Waals surface area contributed by atoms with Gasteiger partial charge in [-0.25, -0.2) is 4.79 Å². The number of amides is 3. The van der Waals surface area contributed by atoms with Gasteiger partial charge in [0.2, 0.25) is 5.91 Å². The van der Waals surface area contributed by atoms with E-state index in [1.807, 2.05) is 23.1 Å². The highest BCUT2D eigenvalue weighted by atomic mass is 16.5. The number of carbonyl (C=O) groups is 2. The summed E-state index contributed by atoms with van der Waals surface area (Å²) in [4.78, 5) is 30.6. The highest BCUT2D eigenvalue weighted by molar-refractivity contribution is 5.89. The first-order valence-electron chi connectivity index (χ1n) is 10.6. The van der Waals surface area contributed by atoms with Crippen LogP contribution in [0.5, 0.6) is 0 Å². The SMILES string of the molecule is CCc1cccc(NC(=O)N2CCC3(CC2)COCCN(CC(=O)N(C)C)C3)c1. The van der Waals surface area contributed by atoms with Gasteiger partial charge in [-0.05, 0) is 37.0 Å². The summed E-state index contributed by atoms with van der Waals surface area (Å²) in [6, 6.07) is 7.97. The Morgan fingerprint density at radius 2 is 1.97 bits per heavy atom. The van der Waals surface area contributed by atoms with Crippen LogP contribution in [0.25, 0.3) is 0 Å². The van der Waals surface area contributed by atoms with Crippen LogP contribution in [-0.2, 0) is 16.0 Å². The van der Waals surface area contributed by atoms with E-state index in [0.717, 1.165) is 38.0 Å². The van der Waals surface area contributed by atoms with E-state index < -0.39 is 0 Å². The molecular formula is C22H34N4O3. The van der Waals surface area contributed by atoms with E-state index in [1.54, 1.807) is 19.0 Å². The van der Waals surface area contributed by atoms with Crippen LogP contribution in [0.15, 0.2) is 24.3 Å². The Bertz CT molecular complexity index is 714. The number of hydrogen-bond acceptors (Lipinski definition) is 4. The van der Waals surface area contributed by atoms with Crippen LogP contribution in [0.1, 0.15) is 25.3 Å². The Labute approximate surface area is 174 Å². The molecule has 1 N–H and O–H groups in total. The molecule has 1 aromatic rings. The summed E-state index contributed by atoms with van der Waals surface area (Å²) in [5, 5.41) is 3.03. The van der Waals surface area contributed by atoms with E-state index in [0.29, 0.717) is 32.8 Å². The third kappa shape index (κ3) is 5.70. The monoisotopic (exact) mass is 402 g/mol. The van der Waals surface area contributed by atoms with Gasteiger partial charge in [-0.2, -0.15) is 0 Å². The second-order valence-corrected chi connectivity index (χ2v) is 8.52. The highest BCUT2D eigenvalue weighted by Gasteiger charge is 2.39. The minimum atomic E-state index is -0.0396. The lowest BCUT2D eigenvalue weighted by atomic mass is 9.78. The zero-order valence-electron chi connectivity index (χ0n) is 17.9. The van der Waals surface area contributed by atoms with Crippen molar-refractivity contribution in [3.8, 4) is 0 Å². The number of likely N-dealkylation sites (tertiary alicyclic amines) is 1. The molecule has 2 aliphatic rings. The van der Waals surface area contributed by atoms with Crippen molar-refractivity contribution in [2.24, 2.45) is 5.41 Å². The predicted molar refractivity (Wildman–Crippen MR) is 114 cm³/mol. The average Bonchev–Trinajstić information content (AvgIpc) is 2.90. The first kappa shape index (κ1) is 21.6. The number of benzene rings is 1. The van der Waals surface area contributed by atoms with Crippen LogP contribution < -0.4 is 5.32 Å². The summed E-state index contributed by atoms with van der Waals surface area (Å²) in [6.45, 7) is 6.93. The standard InChI is InChI=1S/C22H34N4O3/c1-4-18-6-5-7-19(14-18)23-21(28)26-10-8-22(9-11-26)16-25(12-13-29-17-22)15-20(27)24(2)3/h5-7,14H,4,8-13,15-17H2,1-3H3,(H,23,28). The molecule has 160 valence electrons. The van der Waals surface area contributed by atoms with Crippen molar-refractivity contribution in [1.29, 1.82) is 0 Å². The number of anilines is 1. The molecule has 3 rings (SSSR count). The summed E-state index contributed by atoms with van der Waals surface area (Å²) < 4.78 is 5.89. The first-order chi connectivity index (χ1) is 13.9. The Hall–Kier alpha value is -2.12. The van der Waals surface area contributed by atoms with Crippen molar-refractivity contribution < 1.29 is 14.3 Å². The van der Waals surface area contributed by atoms with Gasteiger partial charge in [0.25, 0.3) is 0 Å². The van der Waals surface area contributed by atoms with E-state index in [1.165, 1.54) is 5.56 Å². The van der Waals surface area contributed by atoms with Crippen LogP contribution in [0.2, 0.25) is 0 Å². The average molecular weight is 403 g/mol. The minimum Gasteiger partial charge on any atom is -0.379 e. The first-order valence-corrected chi connectivity index (χ1v) is 10.6. The zero-order valence-corrected chi connectivity index (χ0v) is 17.9. The molecule has 2 saturated heterocycles. The Kier molecular flexibility index (Phi) is 7.14. The van der Waals surface area contributed by atoms with Crippen molar-refractivity contribution in [2.45, 2.75) is 26.2 Å². The van der Waals surface area contributed by atoms with Crippen LogP contribution in [0.4, 0.5) is 10.5 Å². The second kappa shape index (κ2) is 9.59. The molecule has 7 heteroatoms. The summed E-state index contributed by atoms with van der Waals surface area (Å²) in [5.74, 6) is 0.119. The largest absolute Gasteiger partial charge is 0.379 e. The van der Waals surface area contributed by atoms with Crippen molar-refractivity contribution in [1.82, 2.24) is 14.7 Å². The molecular weight excluding hydrogens is 368 g/mol. The number of aryl methyl sites for hydroxylation is 1. The summed E-state index contributed by atoms with van der Waals surface area (Å²) in [6.07, 6.45) is 2.73. The van der Waals surface area contributed by atoms with Crippen LogP contribution in [-0.4, -0.2) is 86.7 Å². The number of nitrogens with one attached hydrogen (secondary N) is 1. The maximum absolute atomic E-state index is 12.7. The number of carbonyl (C=O) groups excluding carboxylic acids is 2. The molecule has 2 aliphatic heterocycles. The molecule has 2 heterocycles. The molecule has 3 amide bonds. The molecule has 0 radical (unpaired) electrons. The van der Waals surface area contributed by atoms with Crippen molar-refractivity contribution in [3.63, 3.8) is 0 Å². The van der Waals surface area contributed by atoms with Gasteiger partial charge >= 0.3 is 6.03 Å². The van der Waals surface area contributed by atoms with Gasteiger partial charge in [-0.15, -0.1) is 0 Å². The van der Waals surface area contributed by atoms with E-state index in [9.17, 15) is 9.59 Å². The Balaban J connectivity index is 1.56. The van der Waals surface area contributed by atoms with E-state index in [4.69, 9.17) is 4.74 Å². The number of hydrogen-bond donors (Lipinski definition) is 1. The zero-order chi connectivity index (χ0) is 20.9. The van der Waals surface area contributed by atoms with Gasteiger partial charge in [-0.3, -0.25) is 9.69 Å². The van der Waals surface area contributed by atoms with Gasteiger partial charge in [0.15, 0.2) is 0 Å². The molecule has 0 saturated carbocycles. The molecule has 29 heavy (non-hydrogen) atoms. The molecule has 0 aromatic heterocycles. The molecule has 0 bridgehead atoms. The quantitative estimate of drug-likeness (QED) is 0.839. The maximum Gasteiger partial charge on any atom is 0.321 e. The topological polar surface area (TPSA) is 65.1 Å². The molecule has 1 spiro atoms. The number of rotatable bonds is 4. The van der Waals surface area contributed by atoms with Gasteiger partial charge in [-0.1, -0.05) is 19.1 Å². The number of urea groups is 1. The maximum atomic E-state index is 12.7. The van der Waals surface area contributed by atoms with Crippen LogP contribution in [0.3, 0.4) is 0 Å². The third-order valence-corrected chi connectivity index (χ3v) is 6.07. The minimum absolute atomic E-state index is 0.0159. The number of piperidine rings is 1. The lowest BCUT2D eigenvalue weighted by molar-refractivity contribution is -0.130.